The Labute approximate surface area is 258 Å². The number of hydrogen-bond donors (Lipinski definition) is 1. The van der Waals surface area contributed by atoms with Gasteiger partial charge in [-0.25, -0.2) is 4.98 Å². The van der Waals surface area contributed by atoms with E-state index in [0.29, 0.717) is 58.3 Å². The Bertz CT molecular complexity index is 1700. The lowest BCUT2D eigenvalue weighted by Gasteiger charge is -2.27. The second-order valence-corrected chi connectivity index (χ2v) is 12.9. The average molecular weight is 649 g/mol. The summed E-state index contributed by atoms with van der Waals surface area (Å²) in [6, 6.07) is 6.59. The number of benzene rings is 1. The molecule has 43 heavy (non-hydrogen) atoms. The van der Waals surface area contributed by atoms with Crippen LogP contribution in [-0.4, -0.2) is 68.3 Å². The number of piperidine rings is 1. The van der Waals surface area contributed by atoms with Gasteiger partial charge in [0.15, 0.2) is 11.6 Å². The van der Waals surface area contributed by atoms with Gasteiger partial charge in [0.25, 0.3) is 5.91 Å². The van der Waals surface area contributed by atoms with Crippen LogP contribution in [0, 0.1) is 12.3 Å². The second-order valence-electron chi connectivity index (χ2n) is 12.1. The first-order chi connectivity index (χ1) is 20.6. The van der Waals surface area contributed by atoms with Crippen LogP contribution in [0.15, 0.2) is 41.0 Å². The number of nitrogens with one attached hydrogen (secondary N) is 1. The third kappa shape index (κ3) is 5.68. The number of carbonyl (C=O) groups excluding carboxylic acids is 4. The Morgan fingerprint density at radius 3 is 2.79 bits per heavy atom. The van der Waals surface area contributed by atoms with Gasteiger partial charge in [0.05, 0.1) is 36.9 Å². The van der Waals surface area contributed by atoms with Crippen molar-refractivity contribution in [1.29, 1.82) is 0 Å². The Morgan fingerprint density at radius 1 is 1.19 bits per heavy atom. The lowest BCUT2D eigenvalue weighted by molar-refractivity contribution is -0.139. The van der Waals surface area contributed by atoms with Crippen molar-refractivity contribution in [2.24, 2.45) is 5.41 Å². The van der Waals surface area contributed by atoms with Crippen molar-refractivity contribution < 1.29 is 23.9 Å². The van der Waals surface area contributed by atoms with E-state index in [9.17, 15) is 19.2 Å². The number of aryl methyl sites for hydroxylation is 1. The van der Waals surface area contributed by atoms with E-state index >= 15 is 0 Å². The smallest absolute Gasteiger partial charge is 0.251 e. The van der Waals surface area contributed by atoms with Crippen LogP contribution in [0.2, 0.25) is 0 Å². The van der Waals surface area contributed by atoms with Crippen molar-refractivity contribution in [3.63, 3.8) is 0 Å². The molecule has 2 aliphatic heterocycles. The predicted octanol–water partition coefficient (Wildman–Crippen LogP) is 4.10. The minimum absolute atomic E-state index is 0.0185. The summed E-state index contributed by atoms with van der Waals surface area (Å²) in [5.41, 5.74) is 3.35. The molecule has 2 bridgehead atoms. The van der Waals surface area contributed by atoms with Crippen molar-refractivity contribution in [1.82, 2.24) is 25.0 Å². The number of amides is 2. The number of pyridine rings is 1. The number of aromatic nitrogens is 3. The van der Waals surface area contributed by atoms with Gasteiger partial charge in [0.1, 0.15) is 16.8 Å². The van der Waals surface area contributed by atoms with Gasteiger partial charge in [0.2, 0.25) is 5.91 Å². The van der Waals surface area contributed by atoms with Crippen molar-refractivity contribution in [2.45, 2.75) is 71.7 Å². The van der Waals surface area contributed by atoms with Crippen LogP contribution < -0.4 is 5.32 Å². The quantitative estimate of drug-likeness (QED) is 0.243. The van der Waals surface area contributed by atoms with Crippen molar-refractivity contribution >= 4 is 50.2 Å². The Morgan fingerprint density at radius 2 is 2.00 bits per heavy atom. The van der Waals surface area contributed by atoms with Crippen LogP contribution >= 0.6 is 15.9 Å². The SMILES string of the molecule is CC(=O)c1nn(CC(=O)N2[C@H](C(=O)Cc3nc(Br)ccc3C)C[C@@]3(C)C[C@@H]23)c2c3cc(cc12)C(=O)NCC/C=C\COC3. The van der Waals surface area contributed by atoms with Gasteiger partial charge in [-0.2, -0.15) is 5.10 Å². The summed E-state index contributed by atoms with van der Waals surface area (Å²) in [4.78, 5) is 59.6. The zero-order chi connectivity index (χ0) is 30.5. The molecule has 2 amide bonds. The van der Waals surface area contributed by atoms with Gasteiger partial charge in [0, 0.05) is 36.0 Å². The summed E-state index contributed by atoms with van der Waals surface area (Å²) >= 11 is 3.39. The number of hydrogen-bond acceptors (Lipinski definition) is 7. The fourth-order valence-electron chi connectivity index (χ4n) is 6.44. The van der Waals surface area contributed by atoms with Crippen LogP contribution in [0.25, 0.3) is 10.9 Å². The molecular formula is C32H34BrN5O5. The monoisotopic (exact) mass is 647 g/mol. The molecule has 0 radical (unpaired) electrons. The normalized spacial score (nSPS) is 24.1. The van der Waals surface area contributed by atoms with E-state index in [0.717, 1.165) is 12.0 Å². The standard InChI is InChI=1S/C32H34BrN5O5/c1-18-7-8-27(33)35-23(18)13-25(40)24-14-32(3)15-26(32)38(24)28(41)16-37-30-21-11-20(12-22(30)29(36-37)19(2)39)31(42)34-9-5-4-6-10-43-17-21/h4,6-8,11-12,24,26H,5,9-10,13-17H2,1-3H3,(H,34,42)/b6-4-/t24-,26+,32-/m0/s1. The van der Waals surface area contributed by atoms with Crippen molar-refractivity contribution in [2.75, 3.05) is 13.2 Å². The van der Waals surface area contributed by atoms with Gasteiger partial charge in [-0.05, 0) is 71.3 Å². The molecule has 1 saturated heterocycles. The average Bonchev–Trinajstić information content (AvgIpc) is 3.31. The first-order valence-electron chi connectivity index (χ1n) is 14.6. The summed E-state index contributed by atoms with van der Waals surface area (Å²) in [6.07, 6.45) is 6.14. The van der Waals surface area contributed by atoms with Crippen molar-refractivity contribution in [3.8, 4) is 0 Å². The summed E-state index contributed by atoms with van der Waals surface area (Å²) in [6.45, 7) is 6.35. The Balaban J connectivity index is 1.34. The molecule has 1 saturated carbocycles. The third-order valence-electron chi connectivity index (χ3n) is 8.84. The molecule has 6 rings (SSSR count). The zero-order valence-corrected chi connectivity index (χ0v) is 26.1. The van der Waals surface area contributed by atoms with Gasteiger partial charge in [-0.3, -0.25) is 23.9 Å². The number of ether oxygens (including phenoxy) is 1. The number of likely N-dealkylation sites (tertiary alicyclic amines) is 1. The number of fused-ring (bicyclic) bond motifs is 5. The number of carbonyl (C=O) groups is 4. The number of rotatable bonds is 6. The van der Waals surface area contributed by atoms with Gasteiger partial charge < -0.3 is 15.0 Å². The minimum Gasteiger partial charge on any atom is -0.373 e. The van der Waals surface area contributed by atoms with E-state index in [1.165, 1.54) is 11.6 Å². The van der Waals surface area contributed by atoms with Gasteiger partial charge in [-0.15, -0.1) is 0 Å². The number of ketones is 2. The Hall–Kier alpha value is -3.70. The summed E-state index contributed by atoms with van der Waals surface area (Å²) in [5, 5.41) is 7.99. The number of Topliss-reactive ketones (excluding diaryl/α,β-unsaturated/α-hetero) is 2. The molecule has 3 atom stereocenters. The van der Waals surface area contributed by atoms with E-state index in [4.69, 9.17) is 4.74 Å². The molecule has 11 heteroatoms. The van der Waals surface area contributed by atoms with E-state index in [1.807, 2.05) is 31.2 Å². The maximum Gasteiger partial charge on any atom is 0.251 e. The maximum absolute atomic E-state index is 14.0. The first kappa shape index (κ1) is 29.4. The molecule has 224 valence electrons. The highest BCUT2D eigenvalue weighted by Gasteiger charge is 2.64. The lowest BCUT2D eigenvalue weighted by atomic mass is 9.96. The fourth-order valence-corrected chi connectivity index (χ4v) is 6.79. The zero-order valence-electron chi connectivity index (χ0n) is 24.5. The largest absolute Gasteiger partial charge is 0.373 e. The van der Waals surface area contributed by atoms with E-state index in [-0.39, 0.29) is 60.1 Å². The summed E-state index contributed by atoms with van der Waals surface area (Å²) < 4.78 is 8.08. The second kappa shape index (κ2) is 11.4. The molecule has 1 aliphatic carbocycles. The molecular weight excluding hydrogens is 614 g/mol. The van der Waals surface area contributed by atoms with E-state index in [2.05, 4.69) is 38.3 Å². The number of nitrogens with zero attached hydrogens (tertiary/aromatic N) is 4. The molecule has 0 spiro atoms. The highest BCUT2D eigenvalue weighted by atomic mass is 79.9. The highest BCUT2D eigenvalue weighted by Crippen LogP contribution is 2.59. The van der Waals surface area contributed by atoms with Crippen LogP contribution in [-0.2, 0) is 33.9 Å². The molecule has 1 N–H and O–H groups in total. The van der Waals surface area contributed by atoms with Crippen LogP contribution in [0.4, 0.5) is 0 Å². The molecule has 0 unspecified atom stereocenters. The molecule has 10 nitrogen and oxygen atoms in total. The van der Waals surface area contributed by atoms with Crippen molar-refractivity contribution in [3.05, 3.63) is 69.1 Å². The number of halogens is 1. The molecule has 1 aromatic carbocycles. The van der Waals surface area contributed by atoms with Gasteiger partial charge >= 0.3 is 0 Å². The lowest BCUT2D eigenvalue weighted by Crippen LogP contribution is -2.45. The topological polar surface area (TPSA) is 123 Å². The molecule has 4 heterocycles. The molecule has 3 aliphatic rings. The maximum atomic E-state index is 14.0. The summed E-state index contributed by atoms with van der Waals surface area (Å²) in [7, 11) is 0. The third-order valence-corrected chi connectivity index (χ3v) is 9.28. The van der Waals surface area contributed by atoms with Crippen LogP contribution in [0.3, 0.4) is 0 Å². The molecule has 2 fully saturated rings. The minimum atomic E-state index is -0.555. The van der Waals surface area contributed by atoms with Gasteiger partial charge in [-0.1, -0.05) is 25.1 Å². The molecule has 3 aromatic rings. The fraction of sp³-hybridized carbons (Fsp3) is 0.438. The van der Waals surface area contributed by atoms with Crippen LogP contribution in [0.1, 0.15) is 70.8 Å². The van der Waals surface area contributed by atoms with E-state index < -0.39 is 6.04 Å². The van der Waals surface area contributed by atoms with E-state index in [1.54, 1.807) is 17.0 Å². The molecule has 2 aromatic heterocycles. The first-order valence-corrected chi connectivity index (χ1v) is 15.4. The Kier molecular flexibility index (Phi) is 7.80. The highest BCUT2D eigenvalue weighted by molar-refractivity contribution is 9.10. The predicted molar refractivity (Wildman–Crippen MR) is 163 cm³/mol. The van der Waals surface area contributed by atoms with Crippen LogP contribution in [0.5, 0.6) is 0 Å². The summed E-state index contributed by atoms with van der Waals surface area (Å²) in [5.74, 6) is -0.791.